The van der Waals surface area contributed by atoms with E-state index in [4.69, 9.17) is 0 Å². The first-order valence-electron chi connectivity index (χ1n) is 8.39. The van der Waals surface area contributed by atoms with Crippen molar-refractivity contribution in [1.82, 2.24) is 4.98 Å². The second-order valence-electron chi connectivity index (χ2n) is 5.56. The minimum absolute atomic E-state index is 0.0294. The van der Waals surface area contributed by atoms with Crippen molar-refractivity contribution in [2.24, 2.45) is 0 Å². The van der Waals surface area contributed by atoms with E-state index in [0.29, 0.717) is 12.1 Å². The first-order valence-corrected chi connectivity index (χ1v) is 8.39. The van der Waals surface area contributed by atoms with Gasteiger partial charge in [-0.1, -0.05) is 37.3 Å². The molecule has 24 heavy (non-hydrogen) atoms. The second-order valence-corrected chi connectivity index (χ2v) is 5.56. The molecule has 0 saturated heterocycles. The molecule has 0 aliphatic rings. The maximum absolute atomic E-state index is 11.3. The zero-order valence-corrected chi connectivity index (χ0v) is 15.4. The Kier molecular flexibility index (Phi) is 8.48. The van der Waals surface area contributed by atoms with Crippen LogP contribution in [-0.2, 0) is 0 Å². The van der Waals surface area contributed by atoms with E-state index in [9.17, 15) is 4.79 Å². The summed E-state index contributed by atoms with van der Waals surface area (Å²) in [7, 11) is 0. The van der Waals surface area contributed by atoms with Gasteiger partial charge in [0, 0.05) is 18.3 Å². The lowest BCUT2D eigenvalue weighted by atomic mass is 9.98. The summed E-state index contributed by atoms with van der Waals surface area (Å²) < 4.78 is 0. The average molecular weight is 324 g/mol. The van der Waals surface area contributed by atoms with E-state index in [-0.39, 0.29) is 5.78 Å². The van der Waals surface area contributed by atoms with E-state index in [1.54, 1.807) is 19.2 Å². The van der Waals surface area contributed by atoms with Gasteiger partial charge in [0.05, 0.1) is 0 Å². The van der Waals surface area contributed by atoms with E-state index in [0.717, 1.165) is 12.2 Å². The van der Waals surface area contributed by atoms with Gasteiger partial charge in [0.25, 0.3) is 0 Å². The maximum atomic E-state index is 11.3. The van der Waals surface area contributed by atoms with Crippen molar-refractivity contribution in [3.63, 3.8) is 0 Å². The molecule has 0 saturated carbocycles. The van der Waals surface area contributed by atoms with Gasteiger partial charge in [0.15, 0.2) is 5.78 Å². The van der Waals surface area contributed by atoms with Crippen LogP contribution in [0.4, 0.5) is 5.82 Å². The van der Waals surface area contributed by atoms with E-state index < -0.39 is 0 Å². The van der Waals surface area contributed by atoms with Gasteiger partial charge in [0.1, 0.15) is 5.82 Å². The van der Waals surface area contributed by atoms with Gasteiger partial charge in [-0.05, 0) is 63.0 Å². The summed E-state index contributed by atoms with van der Waals surface area (Å²) in [6, 6.07) is 3.65. The molecule has 3 nitrogen and oxygen atoms in total. The summed E-state index contributed by atoms with van der Waals surface area (Å²) in [5.74, 6) is 0.802. The number of allylic oxidation sites excluding steroid dienone is 6. The van der Waals surface area contributed by atoms with Crippen LogP contribution in [0.25, 0.3) is 0 Å². The van der Waals surface area contributed by atoms with Crippen LogP contribution in [0.1, 0.15) is 51.4 Å². The number of aromatic nitrogens is 1. The number of hydrogen-bond acceptors (Lipinski definition) is 3. The van der Waals surface area contributed by atoms with E-state index in [1.807, 2.05) is 25.1 Å². The number of carbonyl (C=O) groups is 1. The van der Waals surface area contributed by atoms with Gasteiger partial charge in [-0.3, -0.25) is 4.79 Å². The van der Waals surface area contributed by atoms with E-state index in [1.165, 1.54) is 16.7 Å². The molecule has 0 aromatic carbocycles. The predicted octanol–water partition coefficient (Wildman–Crippen LogP) is 5.50. The summed E-state index contributed by atoms with van der Waals surface area (Å²) in [4.78, 5) is 15.6. The van der Waals surface area contributed by atoms with E-state index in [2.05, 4.69) is 49.3 Å². The Morgan fingerprint density at radius 1 is 1.21 bits per heavy atom. The highest BCUT2D eigenvalue weighted by Gasteiger charge is 2.07. The lowest BCUT2D eigenvalue weighted by Crippen LogP contribution is -2.10. The number of anilines is 1. The third-order valence-corrected chi connectivity index (χ3v) is 3.86. The maximum Gasteiger partial charge on any atom is 0.161 e. The van der Waals surface area contributed by atoms with Gasteiger partial charge in [-0.25, -0.2) is 4.98 Å². The molecule has 1 aromatic heterocycles. The molecule has 0 amide bonds. The molecule has 0 aliphatic carbocycles. The molecular formula is C21H28N2O. The number of rotatable bonds is 8. The molecule has 0 atom stereocenters. The molecule has 0 aliphatic heterocycles. The van der Waals surface area contributed by atoms with Crippen LogP contribution >= 0.6 is 0 Å². The molecule has 1 N–H and O–H groups in total. The third kappa shape index (κ3) is 5.99. The lowest BCUT2D eigenvalue weighted by molar-refractivity contribution is 0.101. The predicted molar refractivity (Wildman–Crippen MR) is 103 cm³/mol. The topological polar surface area (TPSA) is 42.0 Å². The third-order valence-electron chi connectivity index (χ3n) is 3.86. The Labute approximate surface area is 145 Å². The number of nitrogens with zero attached hydrogens (tertiary/aromatic N) is 1. The van der Waals surface area contributed by atoms with Gasteiger partial charge in [0.2, 0.25) is 0 Å². The smallest absolute Gasteiger partial charge is 0.161 e. The largest absolute Gasteiger partial charge is 0.366 e. The van der Waals surface area contributed by atoms with Crippen LogP contribution in [0.15, 0.2) is 65.4 Å². The van der Waals surface area contributed by atoms with Crippen molar-refractivity contribution in [2.75, 3.05) is 11.9 Å². The Hall–Kier alpha value is -2.42. The van der Waals surface area contributed by atoms with Crippen molar-refractivity contribution in [1.29, 1.82) is 0 Å². The summed E-state index contributed by atoms with van der Waals surface area (Å²) >= 11 is 0. The summed E-state index contributed by atoms with van der Waals surface area (Å²) in [6.45, 7) is 10.6. The second kappa shape index (κ2) is 10.4. The number of hydrogen-bond donors (Lipinski definition) is 1. The van der Waals surface area contributed by atoms with Crippen LogP contribution in [0.2, 0.25) is 0 Å². The minimum Gasteiger partial charge on any atom is -0.366 e. The SMILES string of the molecule is C\C=C/C=C\C(C)=C(CNc1ccc(C(C)=O)cn1)\C(=C/C)CC. The molecule has 1 rings (SSSR count). The van der Waals surface area contributed by atoms with Crippen molar-refractivity contribution in [2.45, 2.75) is 41.0 Å². The van der Waals surface area contributed by atoms with Crippen molar-refractivity contribution in [3.8, 4) is 0 Å². The van der Waals surface area contributed by atoms with Gasteiger partial charge >= 0.3 is 0 Å². The van der Waals surface area contributed by atoms with Crippen LogP contribution in [0.3, 0.4) is 0 Å². The molecule has 128 valence electrons. The van der Waals surface area contributed by atoms with Crippen LogP contribution in [0.5, 0.6) is 0 Å². The number of nitrogens with one attached hydrogen (secondary N) is 1. The average Bonchev–Trinajstić information content (AvgIpc) is 2.59. The van der Waals surface area contributed by atoms with Crippen molar-refractivity contribution >= 4 is 11.6 Å². The Morgan fingerprint density at radius 2 is 1.96 bits per heavy atom. The fourth-order valence-electron chi connectivity index (χ4n) is 2.40. The molecule has 0 radical (unpaired) electrons. The molecule has 0 unspecified atom stereocenters. The highest BCUT2D eigenvalue weighted by Crippen LogP contribution is 2.20. The number of Topliss-reactive ketones (excluding diaryl/α,β-unsaturated/α-hetero) is 1. The van der Waals surface area contributed by atoms with Gasteiger partial charge < -0.3 is 5.32 Å². The summed E-state index contributed by atoms with van der Waals surface area (Å²) in [5, 5.41) is 3.36. The summed E-state index contributed by atoms with van der Waals surface area (Å²) in [5.41, 5.74) is 4.46. The monoisotopic (exact) mass is 324 g/mol. The molecule has 0 bridgehead atoms. The van der Waals surface area contributed by atoms with Crippen molar-refractivity contribution in [3.05, 3.63) is 71.0 Å². The molecule has 0 spiro atoms. The molecule has 1 heterocycles. The first kappa shape index (κ1) is 19.6. The molecule has 1 aromatic rings. The zero-order chi connectivity index (χ0) is 17.9. The zero-order valence-electron chi connectivity index (χ0n) is 15.4. The molecule has 0 fully saturated rings. The highest BCUT2D eigenvalue weighted by atomic mass is 16.1. The van der Waals surface area contributed by atoms with Crippen LogP contribution in [-0.4, -0.2) is 17.3 Å². The quantitative estimate of drug-likeness (QED) is 0.507. The first-order chi connectivity index (χ1) is 11.5. The number of pyridine rings is 1. The van der Waals surface area contributed by atoms with Gasteiger partial charge in [-0.15, -0.1) is 0 Å². The van der Waals surface area contributed by atoms with Gasteiger partial charge in [-0.2, -0.15) is 0 Å². The lowest BCUT2D eigenvalue weighted by Gasteiger charge is -2.15. The standard InChI is InChI=1S/C21H28N2O/c1-6-9-10-11-16(4)20(18(7-2)8-3)15-23-21-13-12-19(14-22-21)17(5)24/h6-7,9-14H,8,15H2,1-5H3,(H,22,23)/b9-6-,11-10-,18-7-,20-16+. The Morgan fingerprint density at radius 3 is 2.46 bits per heavy atom. The fraction of sp³-hybridized carbons (Fsp3) is 0.333. The fourth-order valence-corrected chi connectivity index (χ4v) is 2.40. The summed E-state index contributed by atoms with van der Waals surface area (Å²) in [6.07, 6.45) is 13.0. The number of ketones is 1. The Balaban J connectivity index is 2.97. The molecule has 3 heteroatoms. The highest BCUT2D eigenvalue weighted by molar-refractivity contribution is 5.93. The van der Waals surface area contributed by atoms with Crippen LogP contribution < -0.4 is 5.32 Å². The van der Waals surface area contributed by atoms with E-state index >= 15 is 0 Å². The normalized spacial score (nSPS) is 13.5. The Bertz CT molecular complexity index is 662. The van der Waals surface area contributed by atoms with Crippen LogP contribution in [0, 0.1) is 0 Å². The number of carbonyl (C=O) groups excluding carboxylic acids is 1. The molecular weight excluding hydrogens is 296 g/mol. The minimum atomic E-state index is 0.0294. The van der Waals surface area contributed by atoms with Crippen molar-refractivity contribution < 1.29 is 4.79 Å².